The highest BCUT2D eigenvalue weighted by Crippen LogP contribution is 2.24. The van der Waals surface area contributed by atoms with E-state index in [0.717, 1.165) is 17.3 Å². The molecule has 0 spiro atoms. The molecule has 0 aliphatic rings. The molecule has 0 bridgehead atoms. The van der Waals surface area contributed by atoms with Crippen molar-refractivity contribution in [1.29, 1.82) is 0 Å². The molecule has 1 amide bonds. The minimum atomic E-state index is -4.34. The first-order valence-corrected chi connectivity index (χ1v) is 11.1. The van der Waals surface area contributed by atoms with E-state index in [1.54, 1.807) is 24.3 Å². The number of nitrogens with two attached hydrogens (primary N) is 1. The summed E-state index contributed by atoms with van der Waals surface area (Å²) < 4.78 is 47.0. The molecule has 0 aromatic heterocycles. The van der Waals surface area contributed by atoms with Crippen LogP contribution in [0, 0.1) is 5.82 Å². The van der Waals surface area contributed by atoms with Crippen molar-refractivity contribution in [2.45, 2.75) is 17.8 Å². The van der Waals surface area contributed by atoms with Crippen LogP contribution in [0.1, 0.15) is 17.2 Å². The molecular weight excluding hydrogens is 435 g/mol. The van der Waals surface area contributed by atoms with Crippen molar-refractivity contribution in [3.63, 3.8) is 0 Å². The van der Waals surface area contributed by atoms with E-state index in [9.17, 15) is 22.4 Å². The van der Waals surface area contributed by atoms with Crippen LogP contribution in [0.25, 0.3) is 0 Å². The zero-order valence-electron chi connectivity index (χ0n) is 16.0. The second kappa shape index (κ2) is 11.1. The number of nitrogens with one attached hydrogen (secondary N) is 1. The van der Waals surface area contributed by atoms with E-state index >= 15 is 0 Å². The Bertz CT molecular complexity index is 969. The van der Waals surface area contributed by atoms with Crippen LogP contribution in [0.3, 0.4) is 0 Å². The molecule has 8 nitrogen and oxygen atoms in total. The van der Waals surface area contributed by atoms with Gasteiger partial charge >= 0.3 is 10.3 Å². The minimum absolute atomic E-state index is 0.0116. The third-order valence-corrected chi connectivity index (χ3v) is 5.33. The lowest BCUT2D eigenvalue weighted by molar-refractivity contribution is -0.120. The maximum atomic E-state index is 14.0. The van der Waals surface area contributed by atoms with Gasteiger partial charge in [-0.15, -0.1) is 0 Å². The van der Waals surface area contributed by atoms with Crippen molar-refractivity contribution in [3.05, 3.63) is 65.5 Å². The van der Waals surface area contributed by atoms with E-state index in [4.69, 9.17) is 14.1 Å². The number of benzene rings is 2. The molecule has 0 aliphatic carbocycles. The highest BCUT2D eigenvalue weighted by molar-refractivity contribution is 8.13. The van der Waals surface area contributed by atoms with Crippen LogP contribution in [-0.4, -0.2) is 38.8 Å². The lowest BCUT2D eigenvalue weighted by atomic mass is 10.1. The zero-order chi connectivity index (χ0) is 22.1. The summed E-state index contributed by atoms with van der Waals surface area (Å²) in [6, 6.07) is 12.2. The standard InChI is InChI=1S/C19H21FN2O6S2/c1-22-19(24)18(29-12-23)10-13-6-8-14(9-7-13)27-11-17(28-30(21,25)26)15-4-2-3-5-16(15)20/h2-9,12,17-18H,10-11H2,1H3,(H,22,24)(H2,21,25,26). The van der Waals surface area contributed by atoms with Crippen LogP contribution >= 0.6 is 11.8 Å². The fourth-order valence-corrected chi connectivity index (χ4v) is 3.75. The summed E-state index contributed by atoms with van der Waals surface area (Å²) in [6.45, 7) is -0.307. The smallest absolute Gasteiger partial charge is 0.333 e. The molecule has 2 aromatic rings. The molecule has 30 heavy (non-hydrogen) atoms. The first kappa shape index (κ1) is 23.8. The molecule has 0 heterocycles. The highest BCUT2D eigenvalue weighted by Gasteiger charge is 2.22. The average Bonchev–Trinajstić information content (AvgIpc) is 2.71. The predicted molar refractivity (Wildman–Crippen MR) is 111 cm³/mol. The number of halogens is 1. The second-order valence-corrected chi connectivity index (χ2v) is 8.31. The van der Waals surface area contributed by atoms with E-state index in [-0.39, 0.29) is 18.1 Å². The Labute approximate surface area is 178 Å². The second-order valence-electron chi connectivity index (χ2n) is 6.09. The Kier molecular flexibility index (Phi) is 8.78. The molecule has 2 atom stereocenters. The van der Waals surface area contributed by atoms with Gasteiger partial charge in [0.15, 0.2) is 5.62 Å². The van der Waals surface area contributed by atoms with E-state index in [2.05, 4.69) is 5.32 Å². The molecule has 0 saturated heterocycles. The third-order valence-electron chi connectivity index (χ3n) is 4.01. The van der Waals surface area contributed by atoms with Crippen molar-refractivity contribution in [3.8, 4) is 5.75 Å². The minimum Gasteiger partial charge on any atom is -0.490 e. The number of carbonyl (C=O) groups is 2. The number of hydrogen-bond donors (Lipinski definition) is 2. The number of thioether (sulfide) groups is 1. The van der Waals surface area contributed by atoms with Crippen LogP contribution in [0.15, 0.2) is 48.5 Å². The molecule has 11 heteroatoms. The number of ether oxygens (including phenoxy) is 1. The number of amides is 1. The summed E-state index contributed by atoms with van der Waals surface area (Å²) in [6.07, 6.45) is -0.946. The maximum absolute atomic E-state index is 14.0. The molecule has 2 rings (SSSR count). The number of hydrogen-bond acceptors (Lipinski definition) is 7. The highest BCUT2D eigenvalue weighted by atomic mass is 32.2. The van der Waals surface area contributed by atoms with Gasteiger partial charge in [0.1, 0.15) is 24.3 Å². The SMILES string of the molecule is CNC(=O)C(Cc1ccc(OCC(OS(N)(=O)=O)c2ccccc2F)cc1)SC=O. The zero-order valence-corrected chi connectivity index (χ0v) is 17.6. The van der Waals surface area contributed by atoms with Gasteiger partial charge in [0.25, 0.3) is 0 Å². The molecule has 0 fully saturated rings. The van der Waals surface area contributed by atoms with Crippen LogP contribution in [0.2, 0.25) is 0 Å². The van der Waals surface area contributed by atoms with Crippen LogP contribution < -0.4 is 15.2 Å². The summed E-state index contributed by atoms with van der Waals surface area (Å²) in [5.41, 5.74) is 1.39. The van der Waals surface area contributed by atoms with Gasteiger partial charge in [-0.3, -0.25) is 9.59 Å². The van der Waals surface area contributed by atoms with Gasteiger partial charge in [0.2, 0.25) is 5.91 Å². The topological polar surface area (TPSA) is 125 Å². The number of carbonyl (C=O) groups excluding carboxylic acids is 2. The Balaban J connectivity index is 2.08. The quantitative estimate of drug-likeness (QED) is 0.494. The molecule has 0 aliphatic heterocycles. The first-order valence-electron chi connectivity index (χ1n) is 8.71. The maximum Gasteiger partial charge on any atom is 0.333 e. The summed E-state index contributed by atoms with van der Waals surface area (Å²) in [5, 5.41) is 6.88. The third kappa shape index (κ3) is 7.41. The van der Waals surface area contributed by atoms with E-state index < -0.39 is 27.5 Å². The fraction of sp³-hybridized carbons (Fsp3) is 0.263. The normalized spacial score (nSPS) is 13.3. The first-order chi connectivity index (χ1) is 14.2. The molecule has 2 unspecified atom stereocenters. The molecule has 0 radical (unpaired) electrons. The van der Waals surface area contributed by atoms with Gasteiger partial charge in [-0.1, -0.05) is 42.1 Å². The Morgan fingerprint density at radius 3 is 2.47 bits per heavy atom. The van der Waals surface area contributed by atoms with Crippen molar-refractivity contribution >= 4 is 33.6 Å². The van der Waals surface area contributed by atoms with Gasteiger partial charge < -0.3 is 10.1 Å². The van der Waals surface area contributed by atoms with Gasteiger partial charge in [0, 0.05) is 12.6 Å². The molecule has 162 valence electrons. The lowest BCUT2D eigenvalue weighted by Gasteiger charge is -2.18. The monoisotopic (exact) mass is 456 g/mol. The Morgan fingerprint density at radius 1 is 1.23 bits per heavy atom. The average molecular weight is 457 g/mol. The summed E-state index contributed by atoms with van der Waals surface area (Å²) in [7, 11) is -2.85. The predicted octanol–water partition coefficient (Wildman–Crippen LogP) is 1.75. The van der Waals surface area contributed by atoms with Gasteiger partial charge in [-0.25, -0.2) is 13.7 Å². The largest absolute Gasteiger partial charge is 0.490 e. The summed E-state index contributed by atoms with van der Waals surface area (Å²) >= 11 is 0.882. The van der Waals surface area contributed by atoms with Crippen molar-refractivity contribution in [2.24, 2.45) is 5.14 Å². The lowest BCUT2D eigenvalue weighted by Crippen LogP contribution is -2.31. The van der Waals surface area contributed by atoms with Crippen molar-refractivity contribution in [2.75, 3.05) is 13.7 Å². The van der Waals surface area contributed by atoms with E-state index in [0.29, 0.717) is 17.8 Å². The molecule has 0 saturated carbocycles. The molecule has 2 aromatic carbocycles. The molecular formula is C19H21FN2O6S2. The van der Waals surface area contributed by atoms with Gasteiger partial charge in [0.05, 0.1) is 5.25 Å². The summed E-state index contributed by atoms with van der Waals surface area (Å²) in [5.74, 6) is -0.545. The Hall–Kier alpha value is -2.47. The van der Waals surface area contributed by atoms with Crippen LogP contribution in [0.5, 0.6) is 5.75 Å². The summed E-state index contributed by atoms with van der Waals surface area (Å²) in [4.78, 5) is 22.5. The Morgan fingerprint density at radius 2 is 1.90 bits per heavy atom. The van der Waals surface area contributed by atoms with Crippen LogP contribution in [-0.2, 0) is 30.5 Å². The van der Waals surface area contributed by atoms with E-state index in [1.165, 1.54) is 31.3 Å². The van der Waals surface area contributed by atoms with E-state index in [1.807, 2.05) is 0 Å². The van der Waals surface area contributed by atoms with Crippen LogP contribution in [0.4, 0.5) is 4.39 Å². The fourth-order valence-electron chi connectivity index (χ4n) is 2.61. The van der Waals surface area contributed by atoms with Crippen molar-refractivity contribution < 1.29 is 31.3 Å². The van der Waals surface area contributed by atoms with Gasteiger partial charge in [-0.2, -0.15) is 8.42 Å². The number of rotatable bonds is 11. The van der Waals surface area contributed by atoms with Crippen molar-refractivity contribution in [1.82, 2.24) is 5.32 Å². The van der Waals surface area contributed by atoms with Gasteiger partial charge in [-0.05, 0) is 30.2 Å². The molecule has 3 N–H and O–H groups in total.